The largest absolute Gasteiger partial charge is 0.506 e. The summed E-state index contributed by atoms with van der Waals surface area (Å²) in [7, 11) is 0. The van der Waals surface area contributed by atoms with Crippen molar-refractivity contribution in [1.82, 2.24) is 0 Å². The molecule has 0 heterocycles. The minimum atomic E-state index is -0.328. The summed E-state index contributed by atoms with van der Waals surface area (Å²) in [6.07, 6.45) is 2.30. The first-order valence-corrected chi connectivity index (χ1v) is 8.61. The number of aliphatic imine (C=N–C) groups is 1. The van der Waals surface area contributed by atoms with E-state index in [2.05, 4.69) is 11.9 Å². The smallest absolute Gasteiger partial charge is 0.338 e. The summed E-state index contributed by atoms with van der Waals surface area (Å²) in [5, 5.41) is 9.76. The number of phenolic OH excluding ortho intramolecular Hbond substituents is 1. The molecule has 4 nitrogen and oxygen atoms in total. The molecule has 0 fully saturated rings. The molecular weight excluding hydrogens is 314 g/mol. The third-order valence-corrected chi connectivity index (χ3v) is 3.81. The quantitative estimate of drug-likeness (QED) is 0.566. The van der Waals surface area contributed by atoms with E-state index in [-0.39, 0.29) is 17.8 Å². The molecule has 0 aliphatic heterocycles. The van der Waals surface area contributed by atoms with E-state index >= 15 is 0 Å². The van der Waals surface area contributed by atoms with Gasteiger partial charge in [0.05, 0.1) is 5.56 Å². The molecule has 25 heavy (non-hydrogen) atoms. The molecule has 1 atom stereocenters. The molecule has 1 unspecified atom stereocenters. The molecule has 0 bridgehead atoms. The van der Waals surface area contributed by atoms with E-state index in [1.54, 1.807) is 18.2 Å². The zero-order valence-corrected chi connectivity index (χ0v) is 15.0. The lowest BCUT2D eigenvalue weighted by Crippen LogP contribution is -2.17. The Morgan fingerprint density at radius 2 is 1.84 bits per heavy atom. The van der Waals surface area contributed by atoms with Crippen molar-refractivity contribution >= 4 is 17.4 Å². The van der Waals surface area contributed by atoms with Crippen LogP contribution in [0.3, 0.4) is 0 Å². The highest BCUT2D eigenvalue weighted by Gasteiger charge is 2.13. The number of hydrogen-bond donors (Lipinski definition) is 1. The van der Waals surface area contributed by atoms with Crippen LogP contribution in [0.4, 0.5) is 5.69 Å². The molecule has 2 aromatic rings. The van der Waals surface area contributed by atoms with E-state index in [1.807, 2.05) is 44.2 Å². The minimum absolute atomic E-state index is 0.138. The molecule has 0 aromatic heterocycles. The Kier molecular flexibility index (Phi) is 6.75. The number of rotatable bonds is 7. The predicted octanol–water partition coefficient (Wildman–Crippen LogP) is 5.07. The number of para-hydroxylation sites is 2. The zero-order valence-electron chi connectivity index (χ0n) is 15.0. The van der Waals surface area contributed by atoms with Crippen LogP contribution in [0, 0.1) is 0 Å². The number of carbonyl (C=O) groups is 1. The Balaban J connectivity index is 1.93. The molecule has 132 valence electrons. The molecule has 2 rings (SSSR count). The third kappa shape index (κ3) is 5.75. The first-order valence-electron chi connectivity index (χ1n) is 8.61. The van der Waals surface area contributed by atoms with E-state index in [0.29, 0.717) is 17.7 Å². The molecule has 4 heteroatoms. The van der Waals surface area contributed by atoms with E-state index in [1.165, 1.54) is 5.56 Å². The number of hydrogen-bond acceptors (Lipinski definition) is 4. The van der Waals surface area contributed by atoms with Crippen LogP contribution in [0.5, 0.6) is 5.75 Å². The number of nitrogens with zero attached hydrogens (tertiary/aromatic N) is 1. The van der Waals surface area contributed by atoms with Gasteiger partial charge >= 0.3 is 5.97 Å². The van der Waals surface area contributed by atoms with Crippen LogP contribution in [-0.2, 0) is 11.2 Å². The molecule has 0 radical (unpaired) electrons. The Hall–Kier alpha value is -2.62. The van der Waals surface area contributed by atoms with Gasteiger partial charge in [0.15, 0.2) is 0 Å². The predicted molar refractivity (Wildman–Crippen MR) is 101 cm³/mol. The van der Waals surface area contributed by atoms with Gasteiger partial charge < -0.3 is 9.84 Å². The second kappa shape index (κ2) is 9.02. The van der Waals surface area contributed by atoms with Gasteiger partial charge in [0.25, 0.3) is 0 Å². The molecule has 1 N–H and O–H groups in total. The highest BCUT2D eigenvalue weighted by atomic mass is 16.5. The van der Waals surface area contributed by atoms with Gasteiger partial charge in [-0.3, -0.25) is 4.99 Å². The Morgan fingerprint density at radius 1 is 1.16 bits per heavy atom. The maximum absolute atomic E-state index is 12.2. The van der Waals surface area contributed by atoms with Crippen LogP contribution in [0.15, 0.2) is 53.5 Å². The first kappa shape index (κ1) is 18.7. The lowest BCUT2D eigenvalue weighted by molar-refractivity contribution is 0.0356. The maximum atomic E-state index is 12.2. The fourth-order valence-corrected chi connectivity index (χ4v) is 2.61. The van der Waals surface area contributed by atoms with Gasteiger partial charge in [0.2, 0.25) is 0 Å². The molecular formula is C21H25NO3. The fraction of sp³-hybridized carbons (Fsp3) is 0.333. The summed E-state index contributed by atoms with van der Waals surface area (Å²) >= 11 is 0. The number of benzene rings is 2. The second-order valence-electron chi connectivity index (χ2n) is 6.20. The van der Waals surface area contributed by atoms with E-state index in [0.717, 1.165) is 18.6 Å². The molecule has 0 aliphatic rings. The van der Waals surface area contributed by atoms with Crippen molar-refractivity contribution in [3.63, 3.8) is 0 Å². The van der Waals surface area contributed by atoms with Crippen LogP contribution < -0.4 is 0 Å². The highest BCUT2D eigenvalue weighted by molar-refractivity contribution is 5.90. The first-order chi connectivity index (χ1) is 12.0. The highest BCUT2D eigenvalue weighted by Crippen LogP contribution is 2.25. The van der Waals surface area contributed by atoms with Crippen molar-refractivity contribution in [2.24, 2.45) is 4.99 Å². The van der Waals surface area contributed by atoms with Gasteiger partial charge in [-0.1, -0.05) is 37.6 Å². The van der Waals surface area contributed by atoms with E-state index in [4.69, 9.17) is 4.74 Å². The van der Waals surface area contributed by atoms with Gasteiger partial charge in [0, 0.05) is 12.1 Å². The van der Waals surface area contributed by atoms with Gasteiger partial charge in [-0.05, 0) is 50.1 Å². The third-order valence-electron chi connectivity index (χ3n) is 3.81. The molecule has 0 amide bonds. The van der Waals surface area contributed by atoms with Gasteiger partial charge in [-0.25, -0.2) is 4.79 Å². The summed E-state index contributed by atoms with van der Waals surface area (Å²) in [6, 6.07) is 14.5. The molecule has 2 aromatic carbocycles. The van der Waals surface area contributed by atoms with Crippen molar-refractivity contribution in [3.05, 3.63) is 59.7 Å². The van der Waals surface area contributed by atoms with Gasteiger partial charge in [-0.15, -0.1) is 0 Å². The SMILES string of the molecule is CCCc1ccc(C(=O)OC(C)CC(C)=Nc2ccccc2O)cc1. The van der Waals surface area contributed by atoms with Crippen molar-refractivity contribution in [1.29, 1.82) is 0 Å². The minimum Gasteiger partial charge on any atom is -0.506 e. The maximum Gasteiger partial charge on any atom is 0.338 e. The molecule has 0 aliphatic carbocycles. The van der Waals surface area contributed by atoms with Crippen molar-refractivity contribution < 1.29 is 14.6 Å². The number of ether oxygens (including phenoxy) is 1. The average Bonchev–Trinajstić information content (AvgIpc) is 2.57. The van der Waals surface area contributed by atoms with E-state index < -0.39 is 0 Å². The summed E-state index contributed by atoms with van der Waals surface area (Å²) in [5.41, 5.74) is 3.09. The normalized spacial score (nSPS) is 12.7. The number of aromatic hydroxyl groups is 1. The van der Waals surface area contributed by atoms with E-state index in [9.17, 15) is 9.90 Å². The summed E-state index contributed by atoms with van der Waals surface area (Å²) in [6.45, 7) is 5.83. The van der Waals surface area contributed by atoms with Crippen LogP contribution in [0.25, 0.3) is 0 Å². The van der Waals surface area contributed by atoms with Gasteiger partial charge in [0.1, 0.15) is 17.5 Å². The molecule has 0 spiro atoms. The van der Waals surface area contributed by atoms with Crippen LogP contribution >= 0.6 is 0 Å². The summed E-state index contributed by atoms with van der Waals surface area (Å²) in [5.74, 6) is -0.190. The standard InChI is InChI=1S/C21H25NO3/c1-4-7-17-10-12-18(13-11-17)21(24)25-16(3)14-15(2)22-19-8-5-6-9-20(19)23/h5-6,8-13,16,23H,4,7,14H2,1-3H3. The number of esters is 1. The summed E-state index contributed by atoms with van der Waals surface area (Å²) < 4.78 is 5.49. The average molecular weight is 339 g/mol. The van der Waals surface area contributed by atoms with Crippen LogP contribution in [-0.4, -0.2) is 22.9 Å². The fourth-order valence-electron chi connectivity index (χ4n) is 2.61. The van der Waals surface area contributed by atoms with Crippen LogP contribution in [0.1, 0.15) is 49.5 Å². The van der Waals surface area contributed by atoms with Crippen molar-refractivity contribution in [3.8, 4) is 5.75 Å². The van der Waals surface area contributed by atoms with Crippen LogP contribution in [0.2, 0.25) is 0 Å². The topological polar surface area (TPSA) is 58.9 Å². The zero-order chi connectivity index (χ0) is 18.2. The molecule has 0 saturated heterocycles. The summed E-state index contributed by atoms with van der Waals surface area (Å²) in [4.78, 5) is 16.6. The lowest BCUT2D eigenvalue weighted by atomic mass is 10.1. The Labute approximate surface area is 149 Å². The van der Waals surface area contributed by atoms with Crippen molar-refractivity contribution in [2.75, 3.05) is 0 Å². The van der Waals surface area contributed by atoms with Crippen molar-refractivity contribution in [2.45, 2.75) is 46.1 Å². The lowest BCUT2D eigenvalue weighted by Gasteiger charge is -2.13. The number of aryl methyl sites for hydroxylation is 1. The van der Waals surface area contributed by atoms with Gasteiger partial charge in [-0.2, -0.15) is 0 Å². The Morgan fingerprint density at radius 3 is 2.48 bits per heavy atom. The number of phenols is 1. The monoisotopic (exact) mass is 339 g/mol. The Bertz CT molecular complexity index is 735. The molecule has 0 saturated carbocycles. The second-order valence-corrected chi connectivity index (χ2v) is 6.20. The number of carbonyl (C=O) groups excluding carboxylic acids is 1.